The zero-order valence-corrected chi connectivity index (χ0v) is 17.5. The Hall–Kier alpha value is -2.86. The fraction of sp³-hybridized carbons (Fsp3) is 0.389. The number of hydrogen-bond donors (Lipinski definition) is 1. The SMILES string of the molecule is O=C(Nc1ncc([N+](=O)[O-])s1)C(=NN1CCCC1)c1ccc(S(=O)(=O)C2CC2)cc1. The molecule has 2 fully saturated rings. The highest BCUT2D eigenvalue weighted by molar-refractivity contribution is 7.92. The molecule has 0 atom stereocenters. The summed E-state index contributed by atoms with van der Waals surface area (Å²) in [6, 6.07) is 6.11. The first-order chi connectivity index (χ1) is 14.3. The normalized spacial score (nSPS) is 17.2. The van der Waals surface area contributed by atoms with Gasteiger partial charge in [0.25, 0.3) is 5.91 Å². The molecule has 2 heterocycles. The van der Waals surface area contributed by atoms with Gasteiger partial charge in [-0.25, -0.2) is 13.4 Å². The number of rotatable bonds is 7. The molecule has 2 aromatic rings. The number of hydrogen-bond acceptors (Lipinski definition) is 9. The van der Waals surface area contributed by atoms with E-state index in [1.807, 2.05) is 0 Å². The van der Waals surface area contributed by atoms with E-state index < -0.39 is 20.7 Å². The molecule has 1 N–H and O–H groups in total. The lowest BCUT2D eigenvalue weighted by atomic mass is 10.1. The van der Waals surface area contributed by atoms with E-state index in [2.05, 4.69) is 15.4 Å². The summed E-state index contributed by atoms with van der Waals surface area (Å²) >= 11 is 0.751. The third-order valence-corrected chi connectivity index (χ3v) is 8.00. The number of nitrogens with one attached hydrogen (secondary N) is 1. The number of carbonyl (C=O) groups excluding carboxylic acids is 1. The van der Waals surface area contributed by atoms with Crippen molar-refractivity contribution in [3.8, 4) is 0 Å². The van der Waals surface area contributed by atoms with Gasteiger partial charge in [-0.05, 0) is 49.2 Å². The van der Waals surface area contributed by atoms with Crippen molar-refractivity contribution >= 4 is 42.9 Å². The number of carbonyl (C=O) groups is 1. The molecule has 1 saturated carbocycles. The molecule has 1 aliphatic heterocycles. The standard InChI is InChI=1S/C18H19N5O5S2/c24-17(20-18-19-11-15(29-18)23(25)26)16(21-22-9-1-2-10-22)12-3-5-13(6-4-12)30(27,28)14-7-8-14/h3-6,11,14H,1-2,7-10H2,(H,19,20,24). The lowest BCUT2D eigenvalue weighted by Gasteiger charge is -2.14. The van der Waals surface area contributed by atoms with Crippen LogP contribution in [0.25, 0.3) is 0 Å². The van der Waals surface area contributed by atoms with Crippen molar-refractivity contribution in [2.45, 2.75) is 35.8 Å². The fourth-order valence-corrected chi connectivity index (χ4v) is 5.40. The Bertz CT molecular complexity index is 1100. The molecule has 12 heteroatoms. The molecule has 158 valence electrons. The van der Waals surface area contributed by atoms with Gasteiger partial charge in [0.1, 0.15) is 6.20 Å². The number of hydrazone groups is 1. The van der Waals surface area contributed by atoms with E-state index in [-0.39, 0.29) is 26.0 Å². The zero-order chi connectivity index (χ0) is 21.3. The maximum atomic E-state index is 12.9. The van der Waals surface area contributed by atoms with Crippen LogP contribution in [0.2, 0.25) is 0 Å². The first kappa shape index (κ1) is 20.4. The first-order valence-electron chi connectivity index (χ1n) is 9.44. The van der Waals surface area contributed by atoms with Crippen molar-refractivity contribution in [2.24, 2.45) is 5.10 Å². The Morgan fingerprint density at radius 3 is 2.47 bits per heavy atom. The number of benzene rings is 1. The van der Waals surface area contributed by atoms with Crippen LogP contribution in [0.5, 0.6) is 0 Å². The second kappa shape index (κ2) is 8.11. The molecular formula is C18H19N5O5S2. The number of anilines is 1. The first-order valence-corrected chi connectivity index (χ1v) is 11.8. The smallest absolute Gasteiger partial charge is 0.296 e. The van der Waals surface area contributed by atoms with E-state index >= 15 is 0 Å². The lowest BCUT2D eigenvalue weighted by Crippen LogP contribution is -2.27. The van der Waals surface area contributed by atoms with Gasteiger partial charge in [0.15, 0.2) is 20.7 Å². The average Bonchev–Trinajstić information content (AvgIpc) is 3.27. The molecule has 10 nitrogen and oxygen atoms in total. The van der Waals surface area contributed by atoms with Gasteiger partial charge >= 0.3 is 5.00 Å². The molecule has 1 aromatic heterocycles. The fourth-order valence-electron chi connectivity index (χ4n) is 3.11. The van der Waals surface area contributed by atoms with E-state index in [1.165, 1.54) is 12.1 Å². The summed E-state index contributed by atoms with van der Waals surface area (Å²) in [5.41, 5.74) is 0.560. The van der Waals surface area contributed by atoms with Crippen molar-refractivity contribution in [2.75, 3.05) is 18.4 Å². The lowest BCUT2D eigenvalue weighted by molar-refractivity contribution is -0.380. The van der Waals surface area contributed by atoms with Gasteiger partial charge in [-0.15, -0.1) is 0 Å². The van der Waals surface area contributed by atoms with Crippen molar-refractivity contribution in [1.29, 1.82) is 0 Å². The summed E-state index contributed by atoms with van der Waals surface area (Å²) in [5.74, 6) is -0.566. The summed E-state index contributed by atoms with van der Waals surface area (Å²) in [5, 5.41) is 19.2. The molecular weight excluding hydrogens is 430 g/mol. The molecule has 0 unspecified atom stereocenters. The van der Waals surface area contributed by atoms with Crippen LogP contribution in [-0.4, -0.2) is 53.3 Å². The highest BCUT2D eigenvalue weighted by Gasteiger charge is 2.36. The predicted octanol–water partition coefficient (Wildman–Crippen LogP) is 2.43. The highest BCUT2D eigenvalue weighted by atomic mass is 32.2. The topological polar surface area (TPSA) is 135 Å². The summed E-state index contributed by atoms with van der Waals surface area (Å²) in [6.45, 7) is 1.43. The molecule has 1 aliphatic carbocycles. The van der Waals surface area contributed by atoms with E-state index in [9.17, 15) is 23.3 Å². The van der Waals surface area contributed by atoms with E-state index in [0.717, 1.165) is 30.4 Å². The monoisotopic (exact) mass is 449 g/mol. The average molecular weight is 450 g/mol. The minimum atomic E-state index is -3.33. The second-order valence-corrected chi connectivity index (χ2v) is 10.3. The maximum Gasteiger partial charge on any atom is 0.345 e. The number of sulfone groups is 1. The number of nitrogens with zero attached hydrogens (tertiary/aromatic N) is 4. The predicted molar refractivity (Wildman–Crippen MR) is 111 cm³/mol. The van der Waals surface area contributed by atoms with Crippen molar-refractivity contribution in [1.82, 2.24) is 9.99 Å². The number of aromatic nitrogens is 1. The Balaban J connectivity index is 1.60. The quantitative estimate of drug-likeness (QED) is 0.389. The summed E-state index contributed by atoms with van der Waals surface area (Å²) in [6.07, 6.45) is 4.36. The molecule has 1 aromatic carbocycles. The third kappa shape index (κ3) is 4.33. The van der Waals surface area contributed by atoms with Gasteiger partial charge in [0.2, 0.25) is 0 Å². The Kier molecular flexibility index (Phi) is 5.52. The van der Waals surface area contributed by atoms with Crippen LogP contribution in [0.3, 0.4) is 0 Å². The van der Waals surface area contributed by atoms with Crippen LogP contribution in [-0.2, 0) is 14.6 Å². The van der Waals surface area contributed by atoms with Crippen LogP contribution < -0.4 is 5.32 Å². The van der Waals surface area contributed by atoms with Gasteiger partial charge < -0.3 is 0 Å². The third-order valence-electron chi connectivity index (χ3n) is 4.85. The van der Waals surface area contributed by atoms with Gasteiger partial charge in [-0.3, -0.25) is 25.2 Å². The molecule has 1 amide bonds. The van der Waals surface area contributed by atoms with Gasteiger partial charge in [0, 0.05) is 18.7 Å². The van der Waals surface area contributed by atoms with E-state index in [4.69, 9.17) is 0 Å². The summed E-state index contributed by atoms with van der Waals surface area (Å²) < 4.78 is 24.8. The van der Waals surface area contributed by atoms with Crippen LogP contribution >= 0.6 is 11.3 Å². The van der Waals surface area contributed by atoms with Gasteiger partial charge in [0.05, 0.1) is 15.1 Å². The van der Waals surface area contributed by atoms with E-state index in [0.29, 0.717) is 31.5 Å². The summed E-state index contributed by atoms with van der Waals surface area (Å²) in [4.78, 5) is 27.2. The Labute approximate surface area is 176 Å². The number of nitro groups is 1. The van der Waals surface area contributed by atoms with Crippen LogP contribution in [0.4, 0.5) is 10.1 Å². The Morgan fingerprint density at radius 1 is 1.23 bits per heavy atom. The Morgan fingerprint density at radius 2 is 1.90 bits per heavy atom. The van der Waals surface area contributed by atoms with Crippen LogP contribution in [0, 0.1) is 10.1 Å². The minimum Gasteiger partial charge on any atom is -0.296 e. The molecule has 30 heavy (non-hydrogen) atoms. The molecule has 0 bridgehead atoms. The molecule has 0 spiro atoms. The van der Waals surface area contributed by atoms with Crippen molar-refractivity contribution < 1.29 is 18.1 Å². The van der Waals surface area contributed by atoms with Crippen LogP contribution in [0.1, 0.15) is 31.2 Å². The molecule has 0 radical (unpaired) electrons. The summed E-state index contributed by atoms with van der Waals surface area (Å²) in [7, 11) is -3.33. The van der Waals surface area contributed by atoms with E-state index in [1.54, 1.807) is 17.1 Å². The van der Waals surface area contributed by atoms with Crippen LogP contribution in [0.15, 0.2) is 40.5 Å². The number of thiazole rings is 1. The van der Waals surface area contributed by atoms with Crippen molar-refractivity contribution in [3.05, 3.63) is 46.1 Å². The van der Waals surface area contributed by atoms with Gasteiger partial charge in [-0.2, -0.15) is 5.10 Å². The number of amides is 1. The molecule has 2 aliphatic rings. The molecule has 1 saturated heterocycles. The molecule has 4 rings (SSSR count). The minimum absolute atomic E-state index is 0.0914. The van der Waals surface area contributed by atoms with Crippen molar-refractivity contribution in [3.63, 3.8) is 0 Å². The second-order valence-electron chi connectivity index (χ2n) is 7.09. The largest absolute Gasteiger partial charge is 0.345 e. The zero-order valence-electron chi connectivity index (χ0n) is 15.9. The highest BCUT2D eigenvalue weighted by Crippen LogP contribution is 2.33. The maximum absolute atomic E-state index is 12.9. The van der Waals surface area contributed by atoms with Gasteiger partial charge in [-0.1, -0.05) is 12.1 Å².